The number of hydrogen-bond donors (Lipinski definition) is 2. The van der Waals surface area contributed by atoms with Gasteiger partial charge in [-0.3, -0.25) is 0 Å². The van der Waals surface area contributed by atoms with Crippen molar-refractivity contribution in [2.45, 2.75) is 58.2 Å². The molecule has 0 fully saturated rings. The molecule has 1 atom stereocenters. The zero-order chi connectivity index (χ0) is 38.3. The Morgan fingerprint density at radius 3 is 2.17 bits per heavy atom. The number of hydrogen-bond acceptors (Lipinski definition) is 7. The molecule has 6 rings (SSSR count). The smallest absolute Gasteiger partial charge is 0.408 e. The normalized spacial score (nSPS) is 12.8. The maximum atomic E-state index is 13.6. The molecule has 0 saturated heterocycles. The van der Waals surface area contributed by atoms with Gasteiger partial charge in [0.2, 0.25) is 0 Å². The van der Waals surface area contributed by atoms with Gasteiger partial charge >= 0.3 is 12.1 Å². The topological polar surface area (TPSA) is 103 Å². The fourth-order valence-electron chi connectivity index (χ4n) is 6.17. The highest BCUT2D eigenvalue weighted by Crippen LogP contribution is 2.44. The Labute approximate surface area is 317 Å². The number of aromatic nitrogens is 2. The Kier molecular flexibility index (Phi) is 14.9. The third-order valence-corrected chi connectivity index (χ3v) is 9.60. The van der Waals surface area contributed by atoms with E-state index in [-0.39, 0.29) is 12.5 Å². The molecule has 0 radical (unpaired) electrons. The molecule has 5 aromatic rings. The van der Waals surface area contributed by atoms with Gasteiger partial charge in [0, 0.05) is 17.7 Å². The summed E-state index contributed by atoms with van der Waals surface area (Å²) < 4.78 is 17.2. The second-order valence-corrected chi connectivity index (χ2v) is 12.9. The number of fused-ring (bicyclic) bond motifs is 4. The number of H-pyrrole nitrogens is 1. The van der Waals surface area contributed by atoms with E-state index < -0.39 is 18.1 Å². The van der Waals surface area contributed by atoms with E-state index in [9.17, 15) is 9.59 Å². The number of carbonyl (C=O) groups is 2. The lowest BCUT2D eigenvalue weighted by molar-refractivity contribution is -0.136. The third kappa shape index (κ3) is 9.79. The van der Waals surface area contributed by atoms with Crippen molar-refractivity contribution >= 4 is 34.9 Å². The monoisotopic (exact) mass is 729 g/mol. The fraction of sp³-hybridized carbons (Fsp3) is 0.250. The quantitative estimate of drug-likeness (QED) is 0.0329. The molecule has 1 unspecified atom stereocenters. The van der Waals surface area contributed by atoms with Crippen LogP contribution in [0.2, 0.25) is 0 Å². The summed E-state index contributed by atoms with van der Waals surface area (Å²) >= 11 is 1.61. The first-order chi connectivity index (χ1) is 25.9. The molecule has 4 aromatic carbocycles. The van der Waals surface area contributed by atoms with Crippen molar-refractivity contribution in [3.8, 4) is 29.7 Å². The van der Waals surface area contributed by atoms with E-state index in [0.29, 0.717) is 11.3 Å². The van der Waals surface area contributed by atoms with Crippen LogP contribution in [0.15, 0.2) is 125 Å². The van der Waals surface area contributed by atoms with Gasteiger partial charge in [0.1, 0.15) is 18.1 Å². The van der Waals surface area contributed by atoms with Gasteiger partial charge in [0.15, 0.2) is 11.2 Å². The average Bonchev–Trinajstić information content (AvgIpc) is 3.76. The molecule has 2 N–H and O–H groups in total. The van der Waals surface area contributed by atoms with Crippen LogP contribution in [0.3, 0.4) is 0 Å². The maximum Gasteiger partial charge on any atom is 0.408 e. The van der Waals surface area contributed by atoms with Crippen molar-refractivity contribution in [1.29, 1.82) is 0 Å². The lowest BCUT2D eigenvalue weighted by atomic mass is 9.98. The Hall–Kier alpha value is -5.72. The highest BCUT2D eigenvalue weighted by Gasteiger charge is 2.30. The van der Waals surface area contributed by atoms with E-state index in [2.05, 4.69) is 59.3 Å². The molecule has 0 aliphatic heterocycles. The van der Waals surface area contributed by atoms with Crippen LogP contribution in [-0.4, -0.2) is 41.5 Å². The van der Waals surface area contributed by atoms with E-state index in [1.807, 2.05) is 64.1 Å². The summed E-state index contributed by atoms with van der Waals surface area (Å²) in [5, 5.41) is 3.52. The molecule has 0 saturated carbocycles. The Morgan fingerprint density at radius 1 is 0.925 bits per heavy atom. The number of nitrogens with one attached hydrogen (secondary N) is 2. The summed E-state index contributed by atoms with van der Waals surface area (Å²) in [5.74, 6) is 1.33. The number of imidazole rings is 1. The van der Waals surface area contributed by atoms with Crippen LogP contribution >= 0.6 is 11.8 Å². The minimum Gasteiger partial charge on any atom is -0.497 e. The summed E-state index contributed by atoms with van der Waals surface area (Å²) in [4.78, 5) is 34.8. The van der Waals surface area contributed by atoms with Crippen LogP contribution < -0.4 is 10.1 Å². The number of aromatic amines is 1. The van der Waals surface area contributed by atoms with E-state index in [4.69, 9.17) is 14.2 Å². The molecule has 1 heterocycles. The first-order valence-electron chi connectivity index (χ1n) is 17.6. The van der Waals surface area contributed by atoms with Gasteiger partial charge in [0.05, 0.1) is 18.1 Å². The van der Waals surface area contributed by atoms with Crippen LogP contribution in [0.4, 0.5) is 4.79 Å². The highest BCUT2D eigenvalue weighted by molar-refractivity contribution is 7.99. The molecule has 1 aliphatic rings. The molecule has 0 spiro atoms. The number of esters is 1. The van der Waals surface area contributed by atoms with Gasteiger partial charge in [-0.1, -0.05) is 111 Å². The number of allylic oxidation sites excluding steroid dienone is 3. The van der Waals surface area contributed by atoms with Crippen molar-refractivity contribution in [1.82, 2.24) is 15.3 Å². The molecule has 53 heavy (non-hydrogen) atoms. The number of terminal acetylenes is 1. The van der Waals surface area contributed by atoms with Crippen molar-refractivity contribution in [3.05, 3.63) is 137 Å². The summed E-state index contributed by atoms with van der Waals surface area (Å²) in [6.07, 6.45) is 10.2. The number of ether oxygens (including phenoxy) is 3. The number of carbonyl (C=O) groups excluding carboxylic acids is 2. The molecule has 0 bridgehead atoms. The molecule has 9 heteroatoms. The predicted octanol–water partition coefficient (Wildman–Crippen LogP) is 10.4. The first kappa shape index (κ1) is 40.1. The number of benzene rings is 4. The molecule has 274 valence electrons. The standard InChI is InChI=1S/C40H39N3O5S.C2H6.C2H2/c1-5-25(2)37(46-4)26(3)21-22-49-39-41-34-20-19-28(23-35(34)42-39)48-38(44)36(27-13-7-6-8-14-27)43-40(45)47-24-33-31-17-11-9-15-29(31)30-16-10-12-18-32(30)33;2*1-2/h5-20,23,33,36H,21-22,24H2,1-4H3,(H,41,42)(H,43,45);1-2H3;1-2H/b25-5-,37-26+;;. The van der Waals surface area contributed by atoms with Gasteiger partial charge in [-0.25, -0.2) is 14.6 Å². The number of alkyl carbamates (subject to hydrolysis) is 1. The van der Waals surface area contributed by atoms with Gasteiger partial charge in [0.25, 0.3) is 0 Å². The van der Waals surface area contributed by atoms with E-state index >= 15 is 0 Å². The minimum absolute atomic E-state index is 0.102. The predicted molar refractivity (Wildman–Crippen MR) is 215 cm³/mol. The van der Waals surface area contributed by atoms with Crippen molar-refractivity contribution in [2.24, 2.45) is 0 Å². The third-order valence-electron chi connectivity index (χ3n) is 8.72. The van der Waals surface area contributed by atoms with E-state index in [1.165, 1.54) is 5.57 Å². The summed E-state index contributed by atoms with van der Waals surface area (Å²) in [7, 11) is 1.70. The van der Waals surface area contributed by atoms with E-state index in [0.717, 1.165) is 61.9 Å². The lowest BCUT2D eigenvalue weighted by Gasteiger charge is -2.19. The Balaban J connectivity index is 0.00000152. The molecule has 1 amide bonds. The zero-order valence-corrected chi connectivity index (χ0v) is 32.0. The Bertz CT molecular complexity index is 2040. The first-order valence-corrected chi connectivity index (χ1v) is 18.6. The number of methoxy groups -OCH3 is 1. The summed E-state index contributed by atoms with van der Waals surface area (Å²) in [5.41, 5.74) is 8.86. The van der Waals surface area contributed by atoms with Crippen LogP contribution in [0.5, 0.6) is 5.75 Å². The Morgan fingerprint density at radius 2 is 1.55 bits per heavy atom. The van der Waals surface area contributed by atoms with Crippen molar-refractivity contribution < 1.29 is 23.8 Å². The molecular formula is C44H47N3O5S. The number of thioether (sulfide) groups is 1. The largest absolute Gasteiger partial charge is 0.497 e. The molecular weight excluding hydrogens is 683 g/mol. The van der Waals surface area contributed by atoms with Crippen molar-refractivity contribution in [2.75, 3.05) is 19.5 Å². The van der Waals surface area contributed by atoms with E-state index in [1.54, 1.807) is 61.3 Å². The van der Waals surface area contributed by atoms with Gasteiger partial charge in [-0.2, -0.15) is 0 Å². The van der Waals surface area contributed by atoms with Crippen LogP contribution in [-0.2, 0) is 14.3 Å². The highest BCUT2D eigenvalue weighted by atomic mass is 32.2. The molecule has 1 aromatic heterocycles. The number of rotatable bonds is 12. The SMILES string of the molecule is C#C.C/C=C(C)\C(OC)=C(\C)CCSc1nc2ccc(OC(=O)C(NC(=O)OCC3c4ccccc4-c4ccccc43)c3ccccc3)cc2[nH]1.CC. The maximum absolute atomic E-state index is 13.6. The summed E-state index contributed by atoms with van der Waals surface area (Å²) in [6.45, 7) is 10.3. The van der Waals surface area contributed by atoms with Crippen LogP contribution in [0.1, 0.15) is 69.7 Å². The fourth-order valence-corrected chi connectivity index (χ4v) is 7.12. The molecule has 8 nitrogen and oxygen atoms in total. The van der Waals surface area contributed by atoms with Gasteiger partial charge in [-0.05, 0) is 78.3 Å². The summed E-state index contributed by atoms with van der Waals surface area (Å²) in [6, 6.07) is 29.4. The zero-order valence-electron chi connectivity index (χ0n) is 31.1. The second kappa shape index (κ2) is 19.8. The van der Waals surface area contributed by atoms with Crippen molar-refractivity contribution in [3.63, 3.8) is 0 Å². The molecule has 1 aliphatic carbocycles. The number of nitrogens with zero attached hydrogens (tertiary/aromatic N) is 1. The number of amides is 1. The minimum atomic E-state index is -1.08. The van der Waals surface area contributed by atoms with Gasteiger partial charge in [-0.15, -0.1) is 12.8 Å². The second-order valence-electron chi connectivity index (χ2n) is 11.8. The lowest BCUT2D eigenvalue weighted by Crippen LogP contribution is -2.37. The van der Waals surface area contributed by atoms with Gasteiger partial charge < -0.3 is 24.5 Å². The average molecular weight is 730 g/mol. The van der Waals surface area contributed by atoms with Crippen LogP contribution in [0, 0.1) is 12.8 Å². The van der Waals surface area contributed by atoms with Crippen LogP contribution in [0.25, 0.3) is 22.2 Å².